The van der Waals surface area contributed by atoms with Crippen molar-refractivity contribution in [1.29, 1.82) is 0 Å². The molecule has 0 aliphatic heterocycles. The lowest BCUT2D eigenvalue weighted by molar-refractivity contribution is 0.955. The van der Waals surface area contributed by atoms with E-state index in [4.69, 9.17) is 0 Å². The molecule has 0 aliphatic carbocycles. The summed E-state index contributed by atoms with van der Waals surface area (Å²) in [5, 5.41) is 0. The molecule has 26 heavy (non-hydrogen) atoms. The molecule has 0 saturated carbocycles. The first kappa shape index (κ1) is 16.2. The van der Waals surface area contributed by atoms with Crippen molar-refractivity contribution < 1.29 is 0 Å². The molecule has 3 nitrogen and oxygen atoms in total. The van der Waals surface area contributed by atoms with Gasteiger partial charge in [-0.05, 0) is 60.4 Å². The first-order valence-electron chi connectivity index (χ1n) is 8.76. The Bertz CT molecular complexity index is 982. The number of hydrogen-bond acceptors (Lipinski definition) is 3. The van der Waals surface area contributed by atoms with E-state index in [2.05, 4.69) is 51.4 Å². The van der Waals surface area contributed by atoms with Crippen LogP contribution in [0.1, 0.15) is 11.1 Å². The number of aromatic nitrogens is 3. The Balaban J connectivity index is 1.63. The van der Waals surface area contributed by atoms with E-state index in [0.717, 1.165) is 35.5 Å². The maximum atomic E-state index is 4.58. The maximum absolute atomic E-state index is 4.58. The molecule has 0 fully saturated rings. The van der Waals surface area contributed by atoms with Crippen LogP contribution in [0.15, 0.2) is 91.4 Å². The summed E-state index contributed by atoms with van der Waals surface area (Å²) in [5.41, 5.74) is 6.27. The third-order valence-corrected chi connectivity index (χ3v) is 4.36. The first-order valence-corrected chi connectivity index (χ1v) is 8.76. The van der Waals surface area contributed by atoms with Crippen molar-refractivity contribution in [3.8, 4) is 22.6 Å². The van der Waals surface area contributed by atoms with Gasteiger partial charge >= 0.3 is 0 Å². The molecule has 3 aromatic heterocycles. The van der Waals surface area contributed by atoms with E-state index in [1.165, 1.54) is 11.1 Å². The summed E-state index contributed by atoms with van der Waals surface area (Å²) in [6.07, 6.45) is 7.47. The minimum atomic E-state index is 0.868. The van der Waals surface area contributed by atoms with Crippen LogP contribution >= 0.6 is 0 Å². The fourth-order valence-electron chi connectivity index (χ4n) is 3.03. The predicted octanol–water partition coefficient (Wildman–Crippen LogP) is 4.99. The van der Waals surface area contributed by atoms with Crippen LogP contribution in [0.5, 0.6) is 0 Å². The second-order valence-electron chi connectivity index (χ2n) is 6.15. The Morgan fingerprint density at radius 3 is 2.15 bits per heavy atom. The van der Waals surface area contributed by atoms with E-state index in [9.17, 15) is 0 Å². The third-order valence-electron chi connectivity index (χ3n) is 4.36. The molecule has 1 aromatic carbocycles. The standard InChI is InChI=1S/C23H19N3/c1-2-7-18(8-3-1)11-12-19-13-16-25-22(17-19)23-20(9-6-15-26-23)21-10-4-5-14-24-21/h1-10,13-17H,11-12H2. The lowest BCUT2D eigenvalue weighted by atomic mass is 10.0. The monoisotopic (exact) mass is 337 g/mol. The SMILES string of the molecule is c1ccc(CCc2ccnc(-c3ncccc3-c3ccccn3)c2)cc1. The van der Waals surface area contributed by atoms with Gasteiger partial charge in [0.2, 0.25) is 0 Å². The van der Waals surface area contributed by atoms with E-state index in [0.29, 0.717) is 0 Å². The predicted molar refractivity (Wildman–Crippen MR) is 105 cm³/mol. The van der Waals surface area contributed by atoms with Gasteiger partial charge in [0.25, 0.3) is 0 Å². The Morgan fingerprint density at radius 2 is 1.31 bits per heavy atom. The zero-order chi connectivity index (χ0) is 17.6. The van der Waals surface area contributed by atoms with Gasteiger partial charge in [-0.15, -0.1) is 0 Å². The Kier molecular flexibility index (Phi) is 4.79. The van der Waals surface area contributed by atoms with Gasteiger partial charge in [0.05, 0.1) is 17.1 Å². The molecule has 0 N–H and O–H groups in total. The number of pyridine rings is 3. The molecule has 0 bridgehead atoms. The number of aryl methyl sites for hydroxylation is 2. The summed E-state index contributed by atoms with van der Waals surface area (Å²) in [5.74, 6) is 0. The summed E-state index contributed by atoms with van der Waals surface area (Å²) in [4.78, 5) is 13.6. The number of hydrogen-bond donors (Lipinski definition) is 0. The first-order chi connectivity index (χ1) is 12.9. The summed E-state index contributed by atoms with van der Waals surface area (Å²) < 4.78 is 0. The van der Waals surface area contributed by atoms with Crippen LogP contribution < -0.4 is 0 Å². The second kappa shape index (κ2) is 7.70. The zero-order valence-corrected chi connectivity index (χ0v) is 14.4. The molecule has 0 aliphatic rings. The summed E-state index contributed by atoms with van der Waals surface area (Å²) >= 11 is 0. The Hall–Kier alpha value is -3.33. The van der Waals surface area contributed by atoms with Gasteiger partial charge in [0.1, 0.15) is 0 Å². The van der Waals surface area contributed by atoms with E-state index in [-0.39, 0.29) is 0 Å². The minimum Gasteiger partial charge on any atom is -0.256 e. The van der Waals surface area contributed by atoms with Crippen LogP contribution in [0.3, 0.4) is 0 Å². The van der Waals surface area contributed by atoms with Crippen LogP contribution in [0.25, 0.3) is 22.6 Å². The van der Waals surface area contributed by atoms with Crippen molar-refractivity contribution in [1.82, 2.24) is 15.0 Å². The van der Waals surface area contributed by atoms with Crippen LogP contribution in [-0.4, -0.2) is 15.0 Å². The average molecular weight is 337 g/mol. The Morgan fingerprint density at radius 1 is 0.538 bits per heavy atom. The Labute approximate surface area is 153 Å². The molecule has 0 radical (unpaired) electrons. The fraction of sp³-hybridized carbons (Fsp3) is 0.0870. The van der Waals surface area contributed by atoms with Gasteiger partial charge < -0.3 is 0 Å². The van der Waals surface area contributed by atoms with Crippen LogP contribution in [0, 0.1) is 0 Å². The van der Waals surface area contributed by atoms with Gasteiger partial charge in [0.15, 0.2) is 0 Å². The van der Waals surface area contributed by atoms with Gasteiger partial charge in [-0.1, -0.05) is 36.4 Å². The van der Waals surface area contributed by atoms with Crippen LogP contribution in [0.4, 0.5) is 0 Å². The van der Waals surface area contributed by atoms with E-state index in [1.807, 2.05) is 42.6 Å². The molecule has 3 heterocycles. The highest BCUT2D eigenvalue weighted by molar-refractivity contribution is 5.77. The smallest absolute Gasteiger partial charge is 0.0980 e. The van der Waals surface area contributed by atoms with Crippen LogP contribution in [0.2, 0.25) is 0 Å². The normalized spacial score (nSPS) is 10.6. The van der Waals surface area contributed by atoms with Crippen molar-refractivity contribution in [2.75, 3.05) is 0 Å². The van der Waals surface area contributed by atoms with Crippen molar-refractivity contribution >= 4 is 0 Å². The lowest BCUT2D eigenvalue weighted by Gasteiger charge is -2.09. The molecule has 0 atom stereocenters. The molecule has 0 amide bonds. The third kappa shape index (κ3) is 3.67. The molecule has 0 unspecified atom stereocenters. The van der Waals surface area contributed by atoms with E-state index >= 15 is 0 Å². The second-order valence-corrected chi connectivity index (χ2v) is 6.15. The van der Waals surface area contributed by atoms with E-state index < -0.39 is 0 Å². The molecule has 4 aromatic rings. The van der Waals surface area contributed by atoms with Gasteiger partial charge in [-0.25, -0.2) is 0 Å². The number of nitrogens with zero attached hydrogens (tertiary/aromatic N) is 3. The average Bonchev–Trinajstić information content (AvgIpc) is 2.74. The topological polar surface area (TPSA) is 38.7 Å². The van der Waals surface area contributed by atoms with Crippen molar-refractivity contribution in [3.05, 3.63) is 103 Å². The van der Waals surface area contributed by atoms with Gasteiger partial charge in [0, 0.05) is 24.2 Å². The largest absolute Gasteiger partial charge is 0.256 e. The van der Waals surface area contributed by atoms with E-state index in [1.54, 1.807) is 12.4 Å². The lowest BCUT2D eigenvalue weighted by Crippen LogP contribution is -1.96. The fourth-order valence-corrected chi connectivity index (χ4v) is 3.03. The summed E-state index contributed by atoms with van der Waals surface area (Å²) in [6.45, 7) is 0. The van der Waals surface area contributed by atoms with Crippen molar-refractivity contribution in [3.63, 3.8) is 0 Å². The molecule has 4 rings (SSSR count). The van der Waals surface area contributed by atoms with Crippen molar-refractivity contribution in [2.24, 2.45) is 0 Å². The molecule has 0 saturated heterocycles. The highest BCUT2D eigenvalue weighted by Crippen LogP contribution is 2.28. The molecular weight excluding hydrogens is 318 g/mol. The van der Waals surface area contributed by atoms with Crippen LogP contribution in [-0.2, 0) is 12.8 Å². The summed E-state index contributed by atoms with van der Waals surface area (Å²) in [7, 11) is 0. The minimum absolute atomic E-state index is 0.868. The number of rotatable bonds is 5. The molecule has 126 valence electrons. The maximum Gasteiger partial charge on any atom is 0.0980 e. The van der Waals surface area contributed by atoms with Gasteiger partial charge in [-0.3, -0.25) is 15.0 Å². The van der Waals surface area contributed by atoms with Gasteiger partial charge in [-0.2, -0.15) is 0 Å². The number of benzene rings is 1. The zero-order valence-electron chi connectivity index (χ0n) is 14.4. The molecular formula is C23H19N3. The quantitative estimate of drug-likeness (QED) is 0.515. The summed E-state index contributed by atoms with van der Waals surface area (Å²) in [6, 6.07) is 24.7. The highest BCUT2D eigenvalue weighted by atomic mass is 14.8. The highest BCUT2D eigenvalue weighted by Gasteiger charge is 2.11. The molecule has 0 spiro atoms. The molecule has 3 heteroatoms. The van der Waals surface area contributed by atoms with Crippen molar-refractivity contribution in [2.45, 2.75) is 12.8 Å².